The fraction of sp³-hybridized carbons (Fsp3) is 1.00. The molecule has 0 bridgehead atoms. The van der Waals surface area contributed by atoms with Crippen LogP contribution in [0.4, 0.5) is 0 Å². The summed E-state index contributed by atoms with van der Waals surface area (Å²) in [7, 11) is 0. The molecule has 0 amide bonds. The Morgan fingerprint density at radius 2 is 2.06 bits per heavy atom. The fourth-order valence-electron chi connectivity index (χ4n) is 4.04. The summed E-state index contributed by atoms with van der Waals surface area (Å²) in [6.07, 6.45) is 7.15. The lowest BCUT2D eigenvalue weighted by molar-refractivity contribution is 0.154. The largest absolute Gasteiger partial charge is 0.313 e. The van der Waals surface area contributed by atoms with Gasteiger partial charge < -0.3 is 5.32 Å². The summed E-state index contributed by atoms with van der Waals surface area (Å²) in [4.78, 5) is 0. The van der Waals surface area contributed by atoms with Crippen molar-refractivity contribution in [2.45, 2.75) is 70.6 Å². The van der Waals surface area contributed by atoms with Crippen LogP contribution in [0.1, 0.15) is 59.8 Å². The summed E-state index contributed by atoms with van der Waals surface area (Å²) >= 11 is 2.23. The molecule has 2 rings (SSSR count). The third kappa shape index (κ3) is 3.07. The Morgan fingerprint density at radius 1 is 1.28 bits per heavy atom. The van der Waals surface area contributed by atoms with Crippen molar-refractivity contribution in [3.63, 3.8) is 0 Å². The van der Waals surface area contributed by atoms with Crippen molar-refractivity contribution in [3.05, 3.63) is 0 Å². The van der Waals surface area contributed by atoms with Crippen LogP contribution >= 0.6 is 11.8 Å². The molecule has 5 unspecified atom stereocenters. The monoisotopic (exact) mass is 269 g/mol. The van der Waals surface area contributed by atoms with Crippen LogP contribution in [0, 0.1) is 17.8 Å². The Hall–Kier alpha value is 0.310. The zero-order valence-corrected chi connectivity index (χ0v) is 13.5. The number of hydrogen-bond acceptors (Lipinski definition) is 2. The fourth-order valence-corrected chi connectivity index (χ4v) is 5.54. The molecule has 0 radical (unpaired) electrons. The van der Waals surface area contributed by atoms with Gasteiger partial charge in [0.1, 0.15) is 0 Å². The van der Waals surface area contributed by atoms with E-state index < -0.39 is 0 Å². The summed E-state index contributed by atoms with van der Waals surface area (Å²) < 4.78 is 0.501. The van der Waals surface area contributed by atoms with Crippen molar-refractivity contribution in [2.75, 3.05) is 12.3 Å². The molecule has 5 atom stereocenters. The maximum absolute atomic E-state index is 3.85. The van der Waals surface area contributed by atoms with Gasteiger partial charge in [0.15, 0.2) is 0 Å². The minimum Gasteiger partial charge on any atom is -0.313 e. The first-order valence-electron chi connectivity index (χ1n) is 7.94. The Balaban J connectivity index is 2.05. The van der Waals surface area contributed by atoms with Gasteiger partial charge in [0.25, 0.3) is 0 Å². The number of rotatable bonds is 4. The molecule has 2 heteroatoms. The number of thioether (sulfide) groups is 1. The Bertz CT molecular complexity index is 260. The second-order valence-electron chi connectivity index (χ2n) is 6.83. The van der Waals surface area contributed by atoms with Gasteiger partial charge in [-0.1, -0.05) is 27.2 Å². The van der Waals surface area contributed by atoms with Gasteiger partial charge in [-0.3, -0.25) is 0 Å². The van der Waals surface area contributed by atoms with Crippen LogP contribution in [0.25, 0.3) is 0 Å². The summed E-state index contributed by atoms with van der Waals surface area (Å²) in [5.74, 6) is 4.14. The van der Waals surface area contributed by atoms with Gasteiger partial charge >= 0.3 is 0 Å². The molecular weight excluding hydrogens is 238 g/mol. The molecule has 0 aromatic carbocycles. The molecule has 1 aliphatic carbocycles. The smallest absolute Gasteiger partial charge is 0.0287 e. The topological polar surface area (TPSA) is 12.0 Å². The van der Waals surface area contributed by atoms with Gasteiger partial charge in [-0.25, -0.2) is 0 Å². The molecule has 1 aliphatic heterocycles. The van der Waals surface area contributed by atoms with Crippen LogP contribution in [0.15, 0.2) is 0 Å². The highest BCUT2D eigenvalue weighted by Crippen LogP contribution is 2.46. The molecule has 18 heavy (non-hydrogen) atoms. The molecule has 106 valence electrons. The van der Waals surface area contributed by atoms with Gasteiger partial charge in [-0.15, -0.1) is 0 Å². The predicted molar refractivity (Wildman–Crippen MR) is 83.2 cm³/mol. The van der Waals surface area contributed by atoms with Crippen molar-refractivity contribution >= 4 is 11.8 Å². The normalized spacial score (nSPS) is 43.0. The Kier molecular flexibility index (Phi) is 5.05. The van der Waals surface area contributed by atoms with Crippen molar-refractivity contribution in [3.8, 4) is 0 Å². The third-order valence-corrected chi connectivity index (χ3v) is 7.05. The van der Waals surface area contributed by atoms with E-state index in [-0.39, 0.29) is 0 Å². The average Bonchev–Trinajstić information content (AvgIpc) is 2.78. The molecule has 0 spiro atoms. The van der Waals surface area contributed by atoms with E-state index in [2.05, 4.69) is 44.8 Å². The SMILES string of the molecule is CCNC(C1CCC(C)C(C)C1)C1(C)CCCS1. The van der Waals surface area contributed by atoms with E-state index in [4.69, 9.17) is 0 Å². The zero-order valence-electron chi connectivity index (χ0n) is 12.7. The molecule has 1 saturated carbocycles. The van der Waals surface area contributed by atoms with Crippen molar-refractivity contribution in [1.29, 1.82) is 0 Å². The molecule has 1 nitrogen and oxygen atoms in total. The molecule has 2 aliphatic rings. The maximum atomic E-state index is 3.85. The van der Waals surface area contributed by atoms with E-state index in [1.807, 2.05) is 0 Å². The number of nitrogens with one attached hydrogen (secondary N) is 1. The third-order valence-electron chi connectivity index (χ3n) is 5.44. The van der Waals surface area contributed by atoms with Gasteiger partial charge in [-0.05, 0) is 62.7 Å². The van der Waals surface area contributed by atoms with Crippen LogP contribution in [0.3, 0.4) is 0 Å². The predicted octanol–water partition coefficient (Wildman–Crippen LogP) is 4.32. The second kappa shape index (κ2) is 6.17. The van der Waals surface area contributed by atoms with Crippen molar-refractivity contribution in [2.24, 2.45) is 17.8 Å². The van der Waals surface area contributed by atoms with Gasteiger partial charge in [0.2, 0.25) is 0 Å². The summed E-state index contributed by atoms with van der Waals surface area (Å²) in [6, 6.07) is 0.741. The van der Waals surface area contributed by atoms with Gasteiger partial charge in [-0.2, -0.15) is 11.8 Å². The summed E-state index contributed by atoms with van der Waals surface area (Å²) in [6.45, 7) is 10.8. The van der Waals surface area contributed by atoms with E-state index in [1.165, 1.54) is 37.9 Å². The van der Waals surface area contributed by atoms with E-state index >= 15 is 0 Å². The average molecular weight is 269 g/mol. The van der Waals surface area contributed by atoms with Crippen LogP contribution in [-0.4, -0.2) is 23.1 Å². The zero-order chi connectivity index (χ0) is 13.2. The first-order chi connectivity index (χ1) is 8.57. The lowest BCUT2D eigenvalue weighted by atomic mass is 9.70. The Morgan fingerprint density at radius 3 is 2.61 bits per heavy atom. The van der Waals surface area contributed by atoms with E-state index in [9.17, 15) is 0 Å². The first kappa shape index (κ1) is 14.7. The molecule has 1 heterocycles. The highest BCUT2D eigenvalue weighted by molar-refractivity contribution is 8.00. The molecular formula is C16H31NS. The molecule has 1 saturated heterocycles. The quantitative estimate of drug-likeness (QED) is 0.815. The van der Waals surface area contributed by atoms with Gasteiger partial charge in [0, 0.05) is 10.8 Å². The van der Waals surface area contributed by atoms with Crippen LogP contribution in [-0.2, 0) is 0 Å². The van der Waals surface area contributed by atoms with E-state index in [0.29, 0.717) is 4.75 Å². The minimum atomic E-state index is 0.501. The molecule has 1 N–H and O–H groups in total. The highest BCUT2D eigenvalue weighted by atomic mass is 32.2. The summed E-state index contributed by atoms with van der Waals surface area (Å²) in [5, 5.41) is 3.85. The second-order valence-corrected chi connectivity index (χ2v) is 8.46. The Labute approximate surface area is 118 Å². The molecule has 0 aromatic rings. The van der Waals surface area contributed by atoms with Crippen molar-refractivity contribution < 1.29 is 0 Å². The number of hydrogen-bond donors (Lipinski definition) is 1. The van der Waals surface area contributed by atoms with Crippen LogP contribution < -0.4 is 5.32 Å². The van der Waals surface area contributed by atoms with Crippen molar-refractivity contribution in [1.82, 2.24) is 5.32 Å². The van der Waals surface area contributed by atoms with E-state index in [0.717, 1.165) is 30.3 Å². The molecule has 2 fully saturated rings. The highest BCUT2D eigenvalue weighted by Gasteiger charge is 2.43. The molecule has 0 aromatic heterocycles. The minimum absolute atomic E-state index is 0.501. The lowest BCUT2D eigenvalue weighted by Gasteiger charge is -2.44. The summed E-state index contributed by atoms with van der Waals surface area (Å²) in [5.41, 5.74) is 0. The standard InChI is InChI=1S/C16H31NS/c1-5-17-15(16(4)9-6-10-18-16)14-8-7-12(2)13(3)11-14/h12-15,17H,5-11H2,1-4H3. The lowest BCUT2D eigenvalue weighted by Crippen LogP contribution is -2.51. The maximum Gasteiger partial charge on any atom is 0.0287 e. The van der Waals surface area contributed by atoms with Crippen LogP contribution in [0.5, 0.6) is 0 Å². The van der Waals surface area contributed by atoms with Crippen LogP contribution in [0.2, 0.25) is 0 Å². The van der Waals surface area contributed by atoms with Gasteiger partial charge in [0.05, 0.1) is 0 Å². The van der Waals surface area contributed by atoms with E-state index in [1.54, 1.807) is 0 Å². The first-order valence-corrected chi connectivity index (χ1v) is 8.92.